The van der Waals surface area contributed by atoms with Crippen molar-refractivity contribution in [3.63, 3.8) is 0 Å². The van der Waals surface area contributed by atoms with Gasteiger partial charge in [-0.15, -0.1) is 11.8 Å². The molecule has 0 aliphatic carbocycles. The second-order valence-corrected chi connectivity index (χ2v) is 10.3. The van der Waals surface area contributed by atoms with Gasteiger partial charge in [-0.05, 0) is 61.5 Å². The van der Waals surface area contributed by atoms with Crippen molar-refractivity contribution in [3.05, 3.63) is 87.9 Å². The van der Waals surface area contributed by atoms with E-state index < -0.39 is 10.0 Å². The van der Waals surface area contributed by atoms with E-state index in [4.69, 9.17) is 23.2 Å². The van der Waals surface area contributed by atoms with E-state index in [2.05, 4.69) is 10.0 Å². The molecule has 0 aromatic heterocycles. The summed E-state index contributed by atoms with van der Waals surface area (Å²) < 4.78 is 28.1. The van der Waals surface area contributed by atoms with Crippen LogP contribution in [0.1, 0.15) is 15.9 Å². The highest BCUT2D eigenvalue weighted by molar-refractivity contribution is 7.99. The summed E-state index contributed by atoms with van der Waals surface area (Å²) in [5, 5.41) is 3.50. The number of amides is 1. The van der Waals surface area contributed by atoms with Gasteiger partial charge in [0, 0.05) is 33.5 Å². The zero-order valence-electron chi connectivity index (χ0n) is 16.6. The van der Waals surface area contributed by atoms with E-state index in [9.17, 15) is 13.2 Å². The number of halogens is 2. The third-order valence-corrected chi connectivity index (χ3v) is 7.39. The van der Waals surface area contributed by atoms with Gasteiger partial charge in [-0.2, -0.15) is 0 Å². The Morgan fingerprint density at radius 1 is 0.968 bits per heavy atom. The molecule has 5 nitrogen and oxygen atoms in total. The number of hydrogen-bond acceptors (Lipinski definition) is 4. The number of rotatable bonds is 8. The van der Waals surface area contributed by atoms with Crippen LogP contribution in [0.2, 0.25) is 10.0 Å². The minimum absolute atomic E-state index is 0.0365. The first kappa shape index (κ1) is 23.5. The molecule has 0 heterocycles. The smallest absolute Gasteiger partial charge is 0.263 e. The van der Waals surface area contributed by atoms with Crippen LogP contribution in [0.15, 0.2) is 76.5 Å². The number of hydrogen-bond donors (Lipinski definition) is 2. The second kappa shape index (κ2) is 10.4. The number of carbonyl (C=O) groups is 1. The molecule has 0 radical (unpaired) electrons. The van der Waals surface area contributed by atoms with Gasteiger partial charge in [0.1, 0.15) is 4.90 Å². The molecule has 2 N–H and O–H groups in total. The Labute approximate surface area is 196 Å². The fraction of sp³-hybridized carbons (Fsp3) is 0.136. The van der Waals surface area contributed by atoms with Crippen LogP contribution in [0.3, 0.4) is 0 Å². The van der Waals surface area contributed by atoms with Crippen LogP contribution in [0.5, 0.6) is 0 Å². The fourth-order valence-electron chi connectivity index (χ4n) is 2.65. The van der Waals surface area contributed by atoms with Gasteiger partial charge in [0.2, 0.25) is 0 Å². The first-order valence-corrected chi connectivity index (χ1v) is 12.5. The summed E-state index contributed by atoms with van der Waals surface area (Å²) >= 11 is 13.6. The van der Waals surface area contributed by atoms with Crippen molar-refractivity contribution in [2.45, 2.75) is 16.7 Å². The summed E-state index contributed by atoms with van der Waals surface area (Å²) in [6, 6.07) is 18.5. The van der Waals surface area contributed by atoms with E-state index in [1.165, 1.54) is 18.2 Å². The van der Waals surface area contributed by atoms with E-state index in [1.54, 1.807) is 36.0 Å². The van der Waals surface area contributed by atoms with Gasteiger partial charge in [0.05, 0.1) is 5.02 Å². The van der Waals surface area contributed by atoms with Gasteiger partial charge < -0.3 is 5.32 Å². The molecule has 0 bridgehead atoms. The van der Waals surface area contributed by atoms with E-state index in [-0.39, 0.29) is 21.4 Å². The predicted molar refractivity (Wildman–Crippen MR) is 128 cm³/mol. The first-order valence-electron chi connectivity index (χ1n) is 9.30. The molecule has 0 unspecified atom stereocenters. The maximum Gasteiger partial charge on any atom is 0.263 e. The molecule has 0 fully saturated rings. The van der Waals surface area contributed by atoms with Gasteiger partial charge in [-0.1, -0.05) is 40.9 Å². The third kappa shape index (κ3) is 6.64. The number of benzene rings is 3. The summed E-state index contributed by atoms with van der Waals surface area (Å²) in [6.07, 6.45) is 0. The lowest BCUT2D eigenvalue weighted by molar-refractivity contribution is 0.0956. The molecule has 31 heavy (non-hydrogen) atoms. The Morgan fingerprint density at radius 3 is 2.32 bits per heavy atom. The minimum Gasteiger partial charge on any atom is -0.351 e. The fourth-order valence-corrected chi connectivity index (χ4v) is 5.13. The van der Waals surface area contributed by atoms with E-state index in [0.29, 0.717) is 23.0 Å². The van der Waals surface area contributed by atoms with E-state index in [0.717, 1.165) is 10.5 Å². The zero-order valence-corrected chi connectivity index (χ0v) is 19.7. The SMILES string of the molecule is Cc1ccc(NS(=O)(=O)c2cc(C(=O)NCCSc3ccc(Cl)cc3)ccc2Cl)cc1. The van der Waals surface area contributed by atoms with E-state index in [1.807, 2.05) is 31.2 Å². The summed E-state index contributed by atoms with van der Waals surface area (Å²) in [7, 11) is -3.95. The number of anilines is 1. The number of sulfonamides is 1. The lowest BCUT2D eigenvalue weighted by Crippen LogP contribution is -2.26. The van der Waals surface area contributed by atoms with Gasteiger partial charge in [-0.3, -0.25) is 9.52 Å². The van der Waals surface area contributed by atoms with Crippen LogP contribution in [-0.2, 0) is 10.0 Å². The topological polar surface area (TPSA) is 75.3 Å². The number of thioether (sulfide) groups is 1. The molecule has 0 saturated carbocycles. The van der Waals surface area contributed by atoms with Crippen molar-refractivity contribution in [1.29, 1.82) is 0 Å². The summed E-state index contributed by atoms with van der Waals surface area (Å²) in [5.74, 6) is 0.279. The Balaban J connectivity index is 1.64. The molecule has 1 amide bonds. The maximum atomic E-state index is 12.8. The number of aryl methyl sites for hydroxylation is 1. The Bertz CT molecular complexity index is 1170. The molecule has 3 aromatic rings. The molecule has 0 saturated heterocycles. The van der Waals surface area contributed by atoms with Gasteiger partial charge in [0.15, 0.2) is 0 Å². The molecule has 0 aliphatic rings. The van der Waals surface area contributed by atoms with Crippen LogP contribution >= 0.6 is 35.0 Å². The summed E-state index contributed by atoms with van der Waals surface area (Å²) in [4.78, 5) is 13.4. The highest BCUT2D eigenvalue weighted by Gasteiger charge is 2.20. The zero-order chi connectivity index (χ0) is 22.4. The Kier molecular flexibility index (Phi) is 7.89. The van der Waals surface area contributed by atoms with Gasteiger partial charge in [-0.25, -0.2) is 8.42 Å². The van der Waals surface area contributed by atoms with Gasteiger partial charge >= 0.3 is 0 Å². The Morgan fingerprint density at radius 2 is 1.65 bits per heavy atom. The molecule has 9 heteroatoms. The van der Waals surface area contributed by atoms with Crippen molar-refractivity contribution in [3.8, 4) is 0 Å². The predicted octanol–water partition coefficient (Wildman–Crippen LogP) is 5.62. The summed E-state index contributed by atoms with van der Waals surface area (Å²) in [5.41, 5.74) is 1.63. The molecule has 162 valence electrons. The average molecular weight is 495 g/mol. The van der Waals surface area contributed by atoms with Crippen LogP contribution in [0, 0.1) is 6.92 Å². The Hall–Kier alpha value is -2.19. The molecule has 0 aliphatic heterocycles. The number of carbonyl (C=O) groups excluding carboxylic acids is 1. The third-order valence-electron chi connectivity index (χ3n) is 4.26. The quantitative estimate of drug-likeness (QED) is 0.314. The maximum absolute atomic E-state index is 12.8. The molecule has 3 aromatic carbocycles. The lowest BCUT2D eigenvalue weighted by atomic mass is 10.2. The number of nitrogens with one attached hydrogen (secondary N) is 2. The standard InChI is InChI=1S/C22H20Cl2N2O3S2/c1-15-2-7-18(8-3-15)26-31(28,29)21-14-16(4-11-20(21)24)22(27)25-12-13-30-19-9-5-17(23)6-10-19/h2-11,14,26H,12-13H2,1H3,(H,25,27). The normalized spacial score (nSPS) is 11.2. The van der Waals surface area contributed by atoms with E-state index >= 15 is 0 Å². The van der Waals surface area contributed by atoms with Crippen molar-refractivity contribution in [2.75, 3.05) is 17.0 Å². The highest BCUT2D eigenvalue weighted by atomic mass is 35.5. The van der Waals surface area contributed by atoms with Crippen molar-refractivity contribution in [2.24, 2.45) is 0 Å². The van der Waals surface area contributed by atoms with Crippen LogP contribution < -0.4 is 10.0 Å². The lowest BCUT2D eigenvalue weighted by Gasteiger charge is -2.12. The van der Waals surface area contributed by atoms with Crippen LogP contribution in [0.25, 0.3) is 0 Å². The van der Waals surface area contributed by atoms with Crippen LogP contribution in [0.4, 0.5) is 5.69 Å². The van der Waals surface area contributed by atoms with Crippen molar-refractivity contribution < 1.29 is 13.2 Å². The monoisotopic (exact) mass is 494 g/mol. The van der Waals surface area contributed by atoms with Crippen molar-refractivity contribution in [1.82, 2.24) is 5.32 Å². The molecule has 0 atom stereocenters. The molecular formula is C22H20Cl2N2O3S2. The largest absolute Gasteiger partial charge is 0.351 e. The minimum atomic E-state index is -3.95. The second-order valence-electron chi connectivity index (χ2n) is 6.68. The van der Waals surface area contributed by atoms with Crippen LogP contribution in [-0.4, -0.2) is 26.6 Å². The van der Waals surface area contributed by atoms with Gasteiger partial charge in [0.25, 0.3) is 15.9 Å². The average Bonchev–Trinajstić information content (AvgIpc) is 2.74. The first-order chi connectivity index (χ1) is 14.7. The molecular weight excluding hydrogens is 475 g/mol. The summed E-state index contributed by atoms with van der Waals surface area (Å²) in [6.45, 7) is 2.32. The molecule has 3 rings (SSSR count). The highest BCUT2D eigenvalue weighted by Crippen LogP contribution is 2.25. The van der Waals surface area contributed by atoms with Crippen molar-refractivity contribution >= 4 is 56.6 Å². The molecule has 0 spiro atoms.